The molecular weight excluding hydrogens is 1000 g/mol. The lowest BCUT2D eigenvalue weighted by atomic mass is 9.81. The second kappa shape index (κ2) is 26.0. The van der Waals surface area contributed by atoms with Crippen LogP contribution in [0.1, 0.15) is 175 Å². The molecule has 0 unspecified atom stereocenters. The Hall–Kier alpha value is -0.0994. The van der Waals surface area contributed by atoms with Gasteiger partial charge in [-0.15, -0.1) is 13.2 Å². The van der Waals surface area contributed by atoms with Crippen molar-refractivity contribution in [3.05, 3.63) is 58.1 Å². The van der Waals surface area contributed by atoms with Gasteiger partial charge in [-0.05, 0) is 116 Å². The van der Waals surface area contributed by atoms with Crippen molar-refractivity contribution >= 4 is 59.8 Å². The summed E-state index contributed by atoms with van der Waals surface area (Å²) in [7, 11) is -6.59. The summed E-state index contributed by atoms with van der Waals surface area (Å²) in [5, 5.41) is 1.43. The Bertz CT molecular complexity index is 1790. The lowest BCUT2D eigenvalue weighted by Gasteiger charge is -2.55. The summed E-state index contributed by atoms with van der Waals surface area (Å²) < 4.78 is 57.6. The Balaban J connectivity index is 1.63. The second-order valence-corrected chi connectivity index (χ2v) is 42.1. The molecule has 8 nitrogen and oxygen atoms in total. The standard InChI is InChI=1S/C57H101Cl3O8Si3/c1-22-48-49(65-52(56(18,23-2)68-69(20,21)55(15,16)17)27-25-30-61-36-45-46(59)32-43(58)33-47(45)60)28-29-57(19)53(64-48)35-50-54(66-57)51(67-71(40(9)10,41(11)12)42(13)14)34-44(63-50)26-24-31-62-70(37(3)4,38(5)6)39(7)8/h22-23,32-33,37-42,44,48-54H,1-2,24-31,34-36H2,3-21H3/t44-,48-,49+,50-,51+,52-,53+,54-,56+,57-/m1/s1. The zero-order valence-corrected chi connectivity index (χ0v) is 53.3. The van der Waals surface area contributed by atoms with E-state index in [1.54, 1.807) is 12.1 Å². The van der Waals surface area contributed by atoms with E-state index in [4.69, 9.17) is 71.8 Å². The number of hydrogen-bond donors (Lipinski definition) is 0. The van der Waals surface area contributed by atoms with Crippen LogP contribution in [0.3, 0.4) is 0 Å². The molecule has 0 bridgehead atoms. The number of ether oxygens (including phenoxy) is 5. The first kappa shape index (κ1) is 63.4. The molecule has 0 aliphatic carbocycles. The van der Waals surface area contributed by atoms with Gasteiger partial charge in [-0.1, -0.05) is 151 Å². The molecule has 0 aromatic heterocycles. The van der Waals surface area contributed by atoms with E-state index < -0.39 is 42.3 Å². The smallest absolute Gasteiger partial charge is 0.200 e. The fourth-order valence-electron chi connectivity index (χ4n) is 12.8. The highest BCUT2D eigenvalue weighted by Crippen LogP contribution is 2.50. The molecule has 3 aliphatic heterocycles. The van der Waals surface area contributed by atoms with E-state index >= 15 is 0 Å². The summed E-state index contributed by atoms with van der Waals surface area (Å²) in [4.78, 5) is 0. The topological polar surface area (TPSA) is 73.8 Å². The van der Waals surface area contributed by atoms with Gasteiger partial charge in [0.05, 0.1) is 54.4 Å². The molecule has 3 heterocycles. The molecular formula is C57H101Cl3O8Si3. The summed E-state index contributed by atoms with van der Waals surface area (Å²) in [5.74, 6) is 0. The van der Waals surface area contributed by atoms with Crippen LogP contribution in [-0.4, -0.2) is 98.2 Å². The van der Waals surface area contributed by atoms with Crippen LogP contribution in [0.2, 0.25) is 66.4 Å². The second-order valence-electron chi connectivity index (χ2n) is 25.3. The Labute approximate surface area is 452 Å². The van der Waals surface area contributed by atoms with E-state index in [0.29, 0.717) is 80.6 Å². The van der Waals surface area contributed by atoms with Crippen molar-refractivity contribution in [3.63, 3.8) is 0 Å². The van der Waals surface area contributed by atoms with Crippen molar-refractivity contribution in [2.75, 3.05) is 13.2 Å². The summed E-state index contributed by atoms with van der Waals surface area (Å²) in [6.07, 6.45) is 8.28. The van der Waals surface area contributed by atoms with Gasteiger partial charge in [0.2, 0.25) is 8.32 Å². The molecule has 1 aromatic carbocycles. The molecule has 0 radical (unpaired) electrons. The summed E-state index contributed by atoms with van der Waals surface area (Å²) in [5.41, 5.74) is 2.29. The third kappa shape index (κ3) is 14.7. The van der Waals surface area contributed by atoms with Gasteiger partial charge >= 0.3 is 0 Å². The average molecular weight is 1110 g/mol. The normalized spacial score (nSPS) is 27.3. The fourth-order valence-corrected chi connectivity index (χ4v) is 26.4. The van der Waals surface area contributed by atoms with Crippen molar-refractivity contribution in [3.8, 4) is 0 Å². The minimum atomic E-state index is -2.30. The lowest BCUT2D eigenvalue weighted by Crippen LogP contribution is -2.65. The van der Waals surface area contributed by atoms with Gasteiger partial charge in [0.25, 0.3) is 0 Å². The molecule has 0 N–H and O–H groups in total. The fraction of sp³-hybridized carbons (Fsp3) is 0.825. The molecule has 1 aromatic rings. The molecule has 4 rings (SSSR count). The maximum Gasteiger partial charge on any atom is 0.200 e. The highest BCUT2D eigenvalue weighted by Gasteiger charge is 2.58. The summed E-state index contributed by atoms with van der Waals surface area (Å²) in [6.45, 7) is 54.4. The first-order valence-electron chi connectivity index (χ1n) is 27.5. The first-order valence-corrected chi connectivity index (χ1v) is 35.8. The van der Waals surface area contributed by atoms with E-state index in [0.717, 1.165) is 37.9 Å². The number of halogens is 3. The van der Waals surface area contributed by atoms with Gasteiger partial charge in [0.1, 0.15) is 12.2 Å². The van der Waals surface area contributed by atoms with Crippen molar-refractivity contribution in [2.24, 2.45) is 0 Å². The van der Waals surface area contributed by atoms with E-state index in [2.05, 4.69) is 144 Å². The quantitative estimate of drug-likeness (QED) is 0.0516. The van der Waals surface area contributed by atoms with E-state index in [9.17, 15) is 0 Å². The van der Waals surface area contributed by atoms with Crippen LogP contribution in [0.15, 0.2) is 37.4 Å². The first-order chi connectivity index (χ1) is 32.8. The number of benzene rings is 1. The van der Waals surface area contributed by atoms with Crippen LogP contribution in [0.25, 0.3) is 0 Å². The van der Waals surface area contributed by atoms with Crippen molar-refractivity contribution < 1.29 is 37.0 Å². The van der Waals surface area contributed by atoms with Gasteiger partial charge in [-0.25, -0.2) is 0 Å². The highest BCUT2D eigenvalue weighted by atomic mass is 35.5. The van der Waals surface area contributed by atoms with Crippen molar-refractivity contribution in [2.45, 2.75) is 287 Å². The van der Waals surface area contributed by atoms with Crippen LogP contribution in [0, 0.1) is 0 Å². The minimum Gasteiger partial charge on any atom is -0.416 e. The SMILES string of the molecule is C=C[C@H]1O[C@H]2C[C@H]3O[C@H](CCCO[Si](C(C)C)(C(C)C)C(C)C)C[C@H](O[Si](C(C)C)(C(C)C)C(C)C)[C@@H]3O[C@]2(C)CC[C@@H]1O[C@H](CCCOCc1c(Cl)cc(Cl)cc1Cl)[C@](C)(C=C)O[Si](C)(C)C(C)(C)C. The lowest BCUT2D eigenvalue weighted by molar-refractivity contribution is -0.288. The monoisotopic (exact) mass is 1100 g/mol. The van der Waals surface area contributed by atoms with Crippen molar-refractivity contribution in [1.82, 2.24) is 0 Å². The summed E-state index contributed by atoms with van der Waals surface area (Å²) >= 11 is 19.2. The Morgan fingerprint density at radius 2 is 1.34 bits per heavy atom. The van der Waals surface area contributed by atoms with E-state index in [1.807, 2.05) is 12.2 Å². The van der Waals surface area contributed by atoms with Gasteiger partial charge in [0.15, 0.2) is 16.6 Å². The van der Waals surface area contributed by atoms with Gasteiger partial charge in [-0.3, -0.25) is 0 Å². The molecule has 0 spiro atoms. The Morgan fingerprint density at radius 3 is 1.85 bits per heavy atom. The maximum atomic E-state index is 7.78. The predicted octanol–water partition coefficient (Wildman–Crippen LogP) is 17.6. The molecule has 0 saturated carbocycles. The van der Waals surface area contributed by atoms with Crippen LogP contribution < -0.4 is 0 Å². The van der Waals surface area contributed by atoms with Crippen LogP contribution >= 0.6 is 34.8 Å². The van der Waals surface area contributed by atoms with E-state index in [-0.39, 0.29) is 54.4 Å². The molecule has 3 aliphatic rings. The van der Waals surface area contributed by atoms with Crippen LogP contribution in [-0.2, 0) is 43.6 Å². The molecule has 0 amide bonds. The third-order valence-corrected chi connectivity index (χ3v) is 35.2. The van der Waals surface area contributed by atoms with Gasteiger partial charge < -0.3 is 37.0 Å². The zero-order chi connectivity index (χ0) is 53.7. The summed E-state index contributed by atoms with van der Waals surface area (Å²) in [6, 6.07) is 3.38. The Kier molecular flexibility index (Phi) is 23.3. The number of fused-ring (bicyclic) bond motifs is 2. The zero-order valence-electron chi connectivity index (χ0n) is 48.0. The molecule has 3 saturated heterocycles. The van der Waals surface area contributed by atoms with Crippen LogP contribution in [0.5, 0.6) is 0 Å². The molecule has 71 heavy (non-hydrogen) atoms. The number of rotatable bonds is 26. The minimum absolute atomic E-state index is 0.0312. The molecule has 10 atom stereocenters. The van der Waals surface area contributed by atoms with Gasteiger partial charge in [-0.2, -0.15) is 0 Å². The highest BCUT2D eigenvalue weighted by molar-refractivity contribution is 6.78. The Morgan fingerprint density at radius 1 is 0.775 bits per heavy atom. The molecule has 410 valence electrons. The van der Waals surface area contributed by atoms with Gasteiger partial charge in [0, 0.05) is 46.7 Å². The largest absolute Gasteiger partial charge is 0.416 e. The predicted molar refractivity (Wildman–Crippen MR) is 307 cm³/mol. The van der Waals surface area contributed by atoms with Crippen LogP contribution in [0.4, 0.5) is 0 Å². The number of hydrogen-bond acceptors (Lipinski definition) is 8. The van der Waals surface area contributed by atoms with E-state index in [1.165, 1.54) is 0 Å². The average Bonchev–Trinajstić information content (AvgIpc) is 3.38. The third-order valence-electron chi connectivity index (χ3n) is 17.5. The molecule has 14 heteroatoms. The maximum absolute atomic E-state index is 7.78. The van der Waals surface area contributed by atoms with Crippen molar-refractivity contribution in [1.29, 1.82) is 0 Å². The molecule has 3 fully saturated rings.